The average Bonchev–Trinajstić information content (AvgIpc) is 3.48. The van der Waals surface area contributed by atoms with Gasteiger partial charge in [0.05, 0.1) is 12.7 Å². The zero-order valence-corrected chi connectivity index (χ0v) is 26.6. The minimum absolute atomic E-state index is 0.187. The molecule has 0 aliphatic carbocycles. The van der Waals surface area contributed by atoms with E-state index in [1.807, 2.05) is 16.7 Å². The number of hydrogen-bond donors (Lipinski definition) is 2. The van der Waals surface area contributed by atoms with E-state index in [1.165, 1.54) is 16.7 Å². The molecule has 10 heteroatoms. The first kappa shape index (κ1) is 29.2. The topological polar surface area (TPSA) is 108 Å². The molecule has 1 saturated heterocycles. The number of nitrogens with two attached hydrogens (primary N) is 1. The summed E-state index contributed by atoms with van der Waals surface area (Å²) in [5.41, 5.74) is 10.6. The molecule has 1 aliphatic rings. The van der Waals surface area contributed by atoms with Crippen molar-refractivity contribution in [2.45, 2.75) is 70.3 Å². The van der Waals surface area contributed by atoms with Gasteiger partial charge in [0.15, 0.2) is 22.8 Å². The Kier molecular flexibility index (Phi) is 7.93. The normalized spacial score (nSPS) is 19.7. The third-order valence-corrected chi connectivity index (χ3v) is 13.3. The Balaban J connectivity index is 1.50. The number of nitrogen functional groups attached to an aromatic ring is 1. The molecule has 3 atom stereocenters. The van der Waals surface area contributed by atoms with E-state index in [-0.39, 0.29) is 17.5 Å². The number of aromatic nitrogens is 4. The minimum atomic E-state index is -2.80. The van der Waals surface area contributed by atoms with Crippen LogP contribution in [0.2, 0.25) is 24.7 Å². The van der Waals surface area contributed by atoms with Crippen LogP contribution in [-0.2, 0) is 9.16 Å². The van der Waals surface area contributed by atoms with Crippen LogP contribution in [0, 0.1) is 11.5 Å². The highest BCUT2D eigenvalue weighted by Gasteiger charge is 2.51. The fourth-order valence-corrected chi connectivity index (χ4v) is 10.6. The molecule has 41 heavy (non-hydrogen) atoms. The molecule has 2 aromatic carbocycles. The highest BCUT2D eigenvalue weighted by atomic mass is 28.4. The second kappa shape index (κ2) is 11.2. The molecule has 3 N–H and O–H groups in total. The van der Waals surface area contributed by atoms with Crippen molar-refractivity contribution < 1.29 is 14.3 Å². The van der Waals surface area contributed by atoms with Crippen LogP contribution in [0.1, 0.15) is 39.2 Å². The quantitative estimate of drug-likeness (QED) is 0.261. The number of hydrogen-bond acceptors (Lipinski definition) is 7. The van der Waals surface area contributed by atoms with Gasteiger partial charge in [-0.15, -0.1) is 5.54 Å². The van der Waals surface area contributed by atoms with Gasteiger partial charge in [-0.3, -0.25) is 4.57 Å². The molecule has 0 spiro atoms. The van der Waals surface area contributed by atoms with Gasteiger partial charge in [-0.2, -0.15) is 0 Å². The zero-order chi connectivity index (χ0) is 29.4. The second-order valence-electron chi connectivity index (χ2n) is 12.6. The molecule has 1 aliphatic heterocycles. The fraction of sp³-hybridized carbons (Fsp3) is 0.387. The number of fused-ring (bicyclic) bond motifs is 1. The molecule has 1 fully saturated rings. The molecule has 214 valence electrons. The van der Waals surface area contributed by atoms with E-state index in [4.69, 9.17) is 14.9 Å². The first-order chi connectivity index (χ1) is 19.4. The maximum atomic E-state index is 11.3. The fourth-order valence-electron chi connectivity index (χ4n) is 5.52. The van der Waals surface area contributed by atoms with Crippen molar-refractivity contribution in [3.8, 4) is 11.5 Å². The second-order valence-corrected chi connectivity index (χ2v) is 21.7. The lowest BCUT2D eigenvalue weighted by molar-refractivity contribution is -0.0401. The minimum Gasteiger partial charge on any atom is -0.405 e. The summed E-state index contributed by atoms with van der Waals surface area (Å²) in [6.45, 7) is 13.5. The Morgan fingerprint density at radius 3 is 2.20 bits per heavy atom. The number of imidazole rings is 1. The van der Waals surface area contributed by atoms with E-state index in [2.05, 4.69) is 115 Å². The lowest BCUT2D eigenvalue weighted by Gasteiger charge is -2.43. The molecular formula is C31H39N5O3Si2. The summed E-state index contributed by atoms with van der Waals surface area (Å²) in [6.07, 6.45) is -0.0431. The predicted octanol–water partition coefficient (Wildman–Crippen LogP) is 3.86. The van der Waals surface area contributed by atoms with Crippen molar-refractivity contribution in [2.24, 2.45) is 0 Å². The van der Waals surface area contributed by atoms with Crippen molar-refractivity contribution >= 4 is 43.7 Å². The summed E-state index contributed by atoms with van der Waals surface area (Å²) in [6, 6.07) is 20.9. The van der Waals surface area contributed by atoms with Gasteiger partial charge in [0.1, 0.15) is 26.7 Å². The maximum Gasteiger partial charge on any atom is 0.261 e. The molecule has 4 aromatic rings. The van der Waals surface area contributed by atoms with Crippen LogP contribution in [0.4, 0.5) is 5.82 Å². The SMILES string of the molecule is CC(C)(C)[Si](OC[C@H]1O[C@@H](n2c(C#C[Si](C)(C)C)nc3c(N)ncnc32)C[C@@H]1O)(c1ccccc1)c1ccccc1. The van der Waals surface area contributed by atoms with Crippen LogP contribution in [0.5, 0.6) is 0 Å². The van der Waals surface area contributed by atoms with Crippen LogP contribution in [0.3, 0.4) is 0 Å². The van der Waals surface area contributed by atoms with Crippen LogP contribution in [-0.4, -0.2) is 59.8 Å². The van der Waals surface area contributed by atoms with Crippen molar-refractivity contribution in [1.29, 1.82) is 0 Å². The Morgan fingerprint density at radius 1 is 1.02 bits per heavy atom. The van der Waals surface area contributed by atoms with Gasteiger partial charge in [-0.05, 0) is 21.3 Å². The van der Waals surface area contributed by atoms with Crippen LogP contribution >= 0.6 is 0 Å². The van der Waals surface area contributed by atoms with E-state index in [0.29, 0.717) is 23.4 Å². The molecule has 0 bridgehead atoms. The molecule has 0 unspecified atom stereocenters. The number of aliphatic hydroxyl groups excluding tert-OH is 1. The van der Waals surface area contributed by atoms with Crippen LogP contribution < -0.4 is 16.1 Å². The van der Waals surface area contributed by atoms with Crippen molar-refractivity contribution in [3.63, 3.8) is 0 Å². The van der Waals surface area contributed by atoms with Crippen molar-refractivity contribution in [1.82, 2.24) is 19.5 Å². The van der Waals surface area contributed by atoms with Gasteiger partial charge in [-0.25, -0.2) is 15.0 Å². The smallest absolute Gasteiger partial charge is 0.261 e. The van der Waals surface area contributed by atoms with Gasteiger partial charge in [0.2, 0.25) is 0 Å². The van der Waals surface area contributed by atoms with E-state index in [9.17, 15) is 5.11 Å². The first-order valence-electron chi connectivity index (χ1n) is 14.0. The molecule has 0 saturated carbocycles. The number of benzene rings is 2. The Morgan fingerprint density at radius 2 is 1.63 bits per heavy atom. The first-order valence-corrected chi connectivity index (χ1v) is 19.4. The number of anilines is 1. The van der Waals surface area contributed by atoms with Crippen LogP contribution in [0.25, 0.3) is 11.2 Å². The number of rotatable bonds is 6. The third kappa shape index (κ3) is 5.73. The summed E-state index contributed by atoms with van der Waals surface area (Å²) in [5.74, 6) is 4.05. The number of ether oxygens (including phenoxy) is 1. The van der Waals surface area contributed by atoms with E-state index in [1.54, 1.807) is 0 Å². The molecule has 3 heterocycles. The van der Waals surface area contributed by atoms with Crippen LogP contribution in [0.15, 0.2) is 67.0 Å². The molecule has 0 amide bonds. The molecular weight excluding hydrogens is 547 g/mol. The van der Waals surface area contributed by atoms with Gasteiger partial charge in [0.25, 0.3) is 8.32 Å². The highest BCUT2D eigenvalue weighted by Crippen LogP contribution is 2.38. The largest absolute Gasteiger partial charge is 0.405 e. The standard InChI is InChI=1S/C31H39N5O3Si2/c1-31(2,3)41(22-13-9-7-10-14-22,23-15-11-8-12-16-23)38-20-25-24(37)19-27(39-25)36-26(17-18-40(4,5)6)35-28-29(32)33-21-34-30(28)36/h7-16,21,24-25,27,37H,19-20H2,1-6H3,(H2,32,33,34)/t24-,25+,27+/m0/s1. The Bertz CT molecular complexity index is 1530. The summed E-state index contributed by atoms with van der Waals surface area (Å²) in [4.78, 5) is 13.3. The van der Waals surface area contributed by atoms with E-state index >= 15 is 0 Å². The Labute approximate surface area is 244 Å². The molecule has 8 nitrogen and oxygen atoms in total. The monoisotopic (exact) mass is 585 g/mol. The molecule has 2 aromatic heterocycles. The summed E-state index contributed by atoms with van der Waals surface area (Å²) >= 11 is 0. The number of aliphatic hydroxyl groups is 1. The average molecular weight is 586 g/mol. The zero-order valence-electron chi connectivity index (χ0n) is 24.6. The van der Waals surface area contributed by atoms with Gasteiger partial charge >= 0.3 is 0 Å². The summed E-state index contributed by atoms with van der Waals surface area (Å²) in [5, 5.41) is 13.4. The third-order valence-electron chi connectivity index (χ3n) is 7.43. The predicted molar refractivity (Wildman–Crippen MR) is 168 cm³/mol. The van der Waals surface area contributed by atoms with Crippen molar-refractivity contribution in [3.05, 3.63) is 72.8 Å². The van der Waals surface area contributed by atoms with Gasteiger partial charge in [0, 0.05) is 6.42 Å². The molecule has 5 rings (SSSR count). The van der Waals surface area contributed by atoms with Crippen molar-refractivity contribution in [2.75, 3.05) is 12.3 Å². The van der Waals surface area contributed by atoms with E-state index < -0.39 is 34.8 Å². The molecule has 0 radical (unpaired) electrons. The maximum absolute atomic E-state index is 11.3. The van der Waals surface area contributed by atoms with E-state index in [0.717, 1.165) is 0 Å². The number of nitrogens with zero attached hydrogens (tertiary/aromatic N) is 4. The lowest BCUT2D eigenvalue weighted by Crippen LogP contribution is -2.67. The van der Waals surface area contributed by atoms with Gasteiger partial charge in [-0.1, -0.05) is 101 Å². The lowest BCUT2D eigenvalue weighted by atomic mass is 10.2. The highest BCUT2D eigenvalue weighted by molar-refractivity contribution is 6.99. The summed E-state index contributed by atoms with van der Waals surface area (Å²) in [7, 11) is -4.49. The Hall–Kier alpha value is -3.34. The van der Waals surface area contributed by atoms with Gasteiger partial charge < -0.3 is 20.0 Å². The summed E-state index contributed by atoms with van der Waals surface area (Å²) < 4.78 is 15.5.